The summed E-state index contributed by atoms with van der Waals surface area (Å²) in [6.07, 6.45) is 0. The second-order valence-corrected chi connectivity index (χ2v) is 7.51. The molecule has 0 aliphatic carbocycles. The quantitative estimate of drug-likeness (QED) is 0.505. The summed E-state index contributed by atoms with van der Waals surface area (Å²) < 4.78 is 19.2. The lowest BCUT2D eigenvalue weighted by Crippen LogP contribution is -2.25. The summed E-state index contributed by atoms with van der Waals surface area (Å²) in [6, 6.07) is 20.3. The van der Waals surface area contributed by atoms with Crippen LogP contribution in [0.5, 0.6) is 0 Å². The van der Waals surface area contributed by atoms with Gasteiger partial charge in [0, 0.05) is 15.6 Å². The molecular formula is C22H13Cl2FN4O. The Morgan fingerprint density at radius 3 is 2.17 bits per heavy atom. The maximum absolute atomic E-state index is 13.3. The molecule has 2 heterocycles. The lowest BCUT2D eigenvalue weighted by atomic mass is 10.1. The van der Waals surface area contributed by atoms with Crippen molar-refractivity contribution in [1.29, 1.82) is 0 Å². The fourth-order valence-electron chi connectivity index (χ4n) is 3.13. The average molecular weight is 439 g/mol. The molecule has 2 aliphatic heterocycles. The van der Waals surface area contributed by atoms with Crippen LogP contribution in [0, 0.1) is 5.82 Å². The molecule has 0 fully saturated rings. The van der Waals surface area contributed by atoms with Crippen molar-refractivity contribution >= 4 is 46.6 Å². The van der Waals surface area contributed by atoms with Crippen LogP contribution in [0.2, 0.25) is 10.0 Å². The van der Waals surface area contributed by atoms with E-state index in [0.717, 1.165) is 11.1 Å². The molecule has 0 amide bonds. The SMILES string of the molecule is Fc1ccc(N=C2C(c3ccc(Cl)cc3)N=C3OC(c4ccc(Cl)cc4)=NN32)cc1. The predicted molar refractivity (Wildman–Crippen MR) is 116 cm³/mol. The molecule has 5 rings (SSSR count). The highest BCUT2D eigenvalue weighted by atomic mass is 35.5. The first kappa shape index (κ1) is 18.8. The zero-order valence-corrected chi connectivity index (χ0v) is 16.8. The zero-order chi connectivity index (χ0) is 20.7. The van der Waals surface area contributed by atoms with Crippen LogP contribution in [0.3, 0.4) is 0 Å². The van der Waals surface area contributed by atoms with Crippen molar-refractivity contribution in [3.05, 3.63) is 99.8 Å². The maximum atomic E-state index is 13.3. The Bertz CT molecular complexity index is 1190. The number of halogens is 3. The molecule has 5 nitrogen and oxygen atoms in total. The van der Waals surface area contributed by atoms with E-state index >= 15 is 0 Å². The largest absolute Gasteiger partial charge is 0.403 e. The van der Waals surface area contributed by atoms with Gasteiger partial charge in [0.2, 0.25) is 5.90 Å². The second kappa shape index (κ2) is 7.55. The van der Waals surface area contributed by atoms with Crippen LogP contribution >= 0.6 is 23.2 Å². The van der Waals surface area contributed by atoms with Gasteiger partial charge in [0.25, 0.3) is 0 Å². The minimum absolute atomic E-state index is 0.320. The van der Waals surface area contributed by atoms with Crippen molar-refractivity contribution in [2.75, 3.05) is 0 Å². The molecule has 30 heavy (non-hydrogen) atoms. The molecule has 0 saturated heterocycles. The maximum Gasteiger partial charge on any atom is 0.322 e. The molecule has 0 bridgehead atoms. The van der Waals surface area contributed by atoms with Crippen LogP contribution in [0.4, 0.5) is 10.1 Å². The van der Waals surface area contributed by atoms with Crippen molar-refractivity contribution in [2.45, 2.75) is 6.04 Å². The monoisotopic (exact) mass is 438 g/mol. The summed E-state index contributed by atoms with van der Waals surface area (Å²) in [5.41, 5.74) is 2.23. The number of amidine groups is 2. The fourth-order valence-corrected chi connectivity index (χ4v) is 3.38. The molecule has 0 N–H and O–H groups in total. The Balaban J connectivity index is 1.55. The first-order valence-corrected chi connectivity index (χ1v) is 9.82. The highest BCUT2D eigenvalue weighted by Crippen LogP contribution is 2.33. The van der Waals surface area contributed by atoms with Gasteiger partial charge in [-0.1, -0.05) is 35.3 Å². The third-order valence-electron chi connectivity index (χ3n) is 4.61. The van der Waals surface area contributed by atoms with Crippen molar-refractivity contribution in [1.82, 2.24) is 5.01 Å². The summed E-state index contributed by atoms with van der Waals surface area (Å²) >= 11 is 12.0. The normalized spacial score (nSPS) is 18.8. The first-order valence-electron chi connectivity index (χ1n) is 9.07. The molecule has 3 aromatic carbocycles. The molecule has 2 aliphatic rings. The molecule has 148 valence electrons. The van der Waals surface area contributed by atoms with Gasteiger partial charge in [-0.25, -0.2) is 14.4 Å². The fraction of sp³-hybridized carbons (Fsp3) is 0.0455. The van der Waals surface area contributed by atoms with E-state index < -0.39 is 6.04 Å². The van der Waals surface area contributed by atoms with E-state index in [1.807, 2.05) is 24.3 Å². The average Bonchev–Trinajstić information content (AvgIpc) is 3.30. The number of nitrogens with zero attached hydrogens (tertiary/aromatic N) is 4. The van der Waals surface area contributed by atoms with Crippen LogP contribution in [-0.2, 0) is 4.74 Å². The van der Waals surface area contributed by atoms with Gasteiger partial charge in [-0.3, -0.25) is 0 Å². The summed E-state index contributed by atoms with van der Waals surface area (Å²) in [7, 11) is 0. The smallest absolute Gasteiger partial charge is 0.322 e. The number of benzene rings is 3. The first-order chi connectivity index (χ1) is 14.6. The predicted octanol–water partition coefficient (Wildman–Crippen LogP) is 5.97. The molecule has 0 saturated carbocycles. The number of fused-ring (bicyclic) bond motifs is 1. The molecule has 1 unspecified atom stereocenters. The minimum Gasteiger partial charge on any atom is -0.403 e. The van der Waals surface area contributed by atoms with Crippen LogP contribution in [0.25, 0.3) is 0 Å². The van der Waals surface area contributed by atoms with Gasteiger partial charge in [0.15, 0.2) is 5.84 Å². The Hall–Kier alpha value is -3.22. The van der Waals surface area contributed by atoms with Crippen molar-refractivity contribution in [3.8, 4) is 0 Å². The van der Waals surface area contributed by atoms with E-state index in [1.54, 1.807) is 41.4 Å². The molecule has 0 radical (unpaired) electrons. The van der Waals surface area contributed by atoms with Gasteiger partial charge < -0.3 is 4.74 Å². The number of hydrogen-bond donors (Lipinski definition) is 0. The lowest BCUT2D eigenvalue weighted by molar-refractivity contribution is 0.519. The number of rotatable bonds is 3. The third-order valence-corrected chi connectivity index (χ3v) is 5.11. The van der Waals surface area contributed by atoms with Crippen LogP contribution in [0.15, 0.2) is 87.9 Å². The Morgan fingerprint density at radius 2 is 1.50 bits per heavy atom. The lowest BCUT2D eigenvalue weighted by Gasteiger charge is -2.13. The van der Waals surface area contributed by atoms with Gasteiger partial charge in [0.1, 0.15) is 11.9 Å². The van der Waals surface area contributed by atoms with Crippen LogP contribution in [0.1, 0.15) is 17.2 Å². The molecule has 0 aromatic heterocycles. The number of aliphatic imine (C=N–C) groups is 2. The Kier molecular flexibility index (Phi) is 4.73. The van der Waals surface area contributed by atoms with Crippen molar-refractivity contribution in [2.24, 2.45) is 15.1 Å². The van der Waals surface area contributed by atoms with E-state index in [2.05, 4.69) is 15.1 Å². The zero-order valence-electron chi connectivity index (χ0n) is 15.3. The van der Waals surface area contributed by atoms with Crippen LogP contribution in [-0.4, -0.2) is 22.8 Å². The van der Waals surface area contributed by atoms with Crippen molar-refractivity contribution in [3.63, 3.8) is 0 Å². The summed E-state index contributed by atoms with van der Waals surface area (Å²) in [6.45, 7) is 0. The van der Waals surface area contributed by atoms with E-state index in [1.165, 1.54) is 12.1 Å². The summed E-state index contributed by atoms with van der Waals surface area (Å²) in [5.74, 6) is 0.610. The van der Waals surface area contributed by atoms with Gasteiger partial charge in [-0.05, 0) is 66.2 Å². The third kappa shape index (κ3) is 3.56. The van der Waals surface area contributed by atoms with Crippen molar-refractivity contribution < 1.29 is 9.13 Å². The second-order valence-electron chi connectivity index (χ2n) is 6.64. The number of hydrogen-bond acceptors (Lipinski definition) is 4. The highest BCUT2D eigenvalue weighted by Gasteiger charge is 2.40. The van der Waals surface area contributed by atoms with Gasteiger partial charge in [-0.15, -0.1) is 5.10 Å². The molecular weight excluding hydrogens is 426 g/mol. The summed E-state index contributed by atoms with van der Waals surface area (Å²) in [4.78, 5) is 9.35. The van der Waals surface area contributed by atoms with E-state index in [4.69, 9.17) is 27.9 Å². The van der Waals surface area contributed by atoms with Gasteiger partial charge in [0.05, 0.1) is 5.69 Å². The molecule has 8 heteroatoms. The van der Waals surface area contributed by atoms with Gasteiger partial charge in [-0.2, -0.15) is 5.01 Å². The standard InChI is InChI=1S/C22H13Cl2FN4O/c23-15-5-1-13(2-6-15)19-20(26-18-11-9-17(25)10-12-18)29-22(27-19)30-21(28-29)14-3-7-16(24)8-4-14/h1-12,19H. The number of hydrazone groups is 1. The highest BCUT2D eigenvalue weighted by molar-refractivity contribution is 6.31. The minimum atomic E-state index is -0.433. The van der Waals surface area contributed by atoms with Crippen LogP contribution < -0.4 is 0 Å². The molecule has 0 spiro atoms. The van der Waals surface area contributed by atoms with E-state index in [0.29, 0.717) is 33.5 Å². The Morgan fingerprint density at radius 1 is 0.867 bits per heavy atom. The Labute approximate surface area is 181 Å². The molecule has 1 atom stereocenters. The topological polar surface area (TPSA) is 49.6 Å². The summed E-state index contributed by atoms with van der Waals surface area (Å²) in [5, 5.41) is 7.37. The van der Waals surface area contributed by atoms with E-state index in [-0.39, 0.29) is 5.82 Å². The van der Waals surface area contributed by atoms with Gasteiger partial charge >= 0.3 is 6.02 Å². The molecule has 3 aromatic rings. The number of ether oxygens (including phenoxy) is 1. The van der Waals surface area contributed by atoms with E-state index in [9.17, 15) is 4.39 Å².